The summed E-state index contributed by atoms with van der Waals surface area (Å²) in [6.45, 7) is 9.96. The molecule has 0 aliphatic heterocycles. The minimum atomic E-state index is -0.846. The van der Waals surface area contributed by atoms with E-state index in [0.29, 0.717) is 13.0 Å². The average Bonchev–Trinajstić information content (AvgIpc) is 2.41. The van der Waals surface area contributed by atoms with Crippen LogP contribution in [0.25, 0.3) is 0 Å². The van der Waals surface area contributed by atoms with Gasteiger partial charge in [-0.2, -0.15) is 0 Å². The van der Waals surface area contributed by atoms with Gasteiger partial charge >= 0.3 is 5.97 Å². The van der Waals surface area contributed by atoms with Crippen LogP contribution in [0, 0.1) is 6.92 Å². The Balaban J connectivity index is 3.07. The molecule has 118 valence electrons. The number of anilines is 1. The van der Waals surface area contributed by atoms with E-state index in [1.165, 1.54) is 0 Å². The number of ether oxygens (including phenoxy) is 2. The molecule has 0 aliphatic rings. The Bertz CT molecular complexity index is 485. The summed E-state index contributed by atoms with van der Waals surface area (Å²) >= 11 is 0. The molecule has 1 atom stereocenters. The molecular formula is C17H27NO3. The number of benzene rings is 1. The molecule has 0 fully saturated rings. The number of hydrogen-bond donors (Lipinski definition) is 1. The summed E-state index contributed by atoms with van der Waals surface area (Å²) in [4.78, 5) is 12.4. The van der Waals surface area contributed by atoms with Gasteiger partial charge in [-0.05, 0) is 46.2 Å². The van der Waals surface area contributed by atoms with E-state index in [4.69, 9.17) is 9.47 Å². The Morgan fingerprint density at radius 1 is 1.24 bits per heavy atom. The molecule has 0 heterocycles. The molecule has 4 heteroatoms. The molecule has 1 aromatic rings. The fourth-order valence-corrected chi connectivity index (χ4v) is 2.39. The van der Waals surface area contributed by atoms with Gasteiger partial charge in [-0.1, -0.05) is 18.2 Å². The fraction of sp³-hybridized carbons (Fsp3) is 0.588. The molecule has 0 radical (unpaired) electrons. The highest BCUT2D eigenvalue weighted by atomic mass is 16.5. The van der Waals surface area contributed by atoms with Crippen LogP contribution in [0.5, 0.6) is 0 Å². The monoisotopic (exact) mass is 293 g/mol. The van der Waals surface area contributed by atoms with Gasteiger partial charge in [0.15, 0.2) is 0 Å². The maximum Gasteiger partial charge on any atom is 0.331 e. The third kappa shape index (κ3) is 4.74. The van der Waals surface area contributed by atoms with Crippen LogP contribution in [0.2, 0.25) is 0 Å². The molecule has 1 rings (SSSR count). The number of rotatable bonds is 7. The van der Waals surface area contributed by atoms with Crippen LogP contribution in [0.4, 0.5) is 5.69 Å². The van der Waals surface area contributed by atoms with Gasteiger partial charge in [0.2, 0.25) is 0 Å². The lowest BCUT2D eigenvalue weighted by Crippen LogP contribution is -2.50. The van der Waals surface area contributed by atoms with Crippen molar-refractivity contribution in [2.45, 2.75) is 52.2 Å². The van der Waals surface area contributed by atoms with E-state index in [2.05, 4.69) is 5.32 Å². The zero-order chi connectivity index (χ0) is 16.1. The van der Waals surface area contributed by atoms with Gasteiger partial charge in [0.1, 0.15) is 5.54 Å². The van der Waals surface area contributed by atoms with Crippen molar-refractivity contribution in [3.05, 3.63) is 29.8 Å². The molecule has 0 saturated carbocycles. The highest BCUT2D eigenvalue weighted by molar-refractivity contribution is 5.84. The minimum Gasteiger partial charge on any atom is -0.464 e. The molecule has 0 amide bonds. The summed E-state index contributed by atoms with van der Waals surface area (Å²) in [5.74, 6) is -0.265. The standard InChI is InChI=1S/C17H27NO3/c1-7-21-15(19)17(5,12-16(3,4)20-6)18-14-11-9-8-10-13(14)2/h8-11,18H,7,12H2,1-6H3. The summed E-state index contributed by atoms with van der Waals surface area (Å²) in [5, 5.41) is 3.34. The van der Waals surface area contributed by atoms with Crippen LogP contribution >= 0.6 is 0 Å². The number of esters is 1. The van der Waals surface area contributed by atoms with Gasteiger partial charge < -0.3 is 14.8 Å². The summed E-state index contributed by atoms with van der Waals surface area (Å²) < 4.78 is 10.7. The molecule has 0 aliphatic carbocycles. The lowest BCUT2D eigenvalue weighted by atomic mass is 9.87. The summed E-state index contributed by atoms with van der Waals surface area (Å²) in [6, 6.07) is 7.89. The first-order chi connectivity index (χ1) is 9.74. The minimum absolute atomic E-state index is 0.265. The van der Waals surface area contributed by atoms with Gasteiger partial charge in [-0.3, -0.25) is 0 Å². The van der Waals surface area contributed by atoms with Crippen molar-refractivity contribution >= 4 is 11.7 Å². The highest BCUT2D eigenvalue weighted by Crippen LogP contribution is 2.29. The van der Waals surface area contributed by atoms with Gasteiger partial charge in [-0.15, -0.1) is 0 Å². The number of aryl methyl sites for hydroxylation is 1. The van der Waals surface area contributed by atoms with Crippen molar-refractivity contribution < 1.29 is 14.3 Å². The third-order valence-corrected chi connectivity index (χ3v) is 3.61. The Labute approximate surface area is 127 Å². The molecule has 21 heavy (non-hydrogen) atoms. The first-order valence-electron chi connectivity index (χ1n) is 7.30. The van der Waals surface area contributed by atoms with Crippen molar-refractivity contribution in [2.75, 3.05) is 19.0 Å². The van der Waals surface area contributed by atoms with Gasteiger partial charge in [0.25, 0.3) is 0 Å². The summed E-state index contributed by atoms with van der Waals surface area (Å²) in [7, 11) is 1.65. The molecule has 0 bridgehead atoms. The van der Waals surface area contributed by atoms with Gasteiger partial charge in [-0.25, -0.2) is 4.79 Å². The Kier molecular flexibility index (Phi) is 5.78. The van der Waals surface area contributed by atoms with Crippen molar-refractivity contribution in [1.82, 2.24) is 0 Å². The van der Waals surface area contributed by atoms with Crippen LogP contribution < -0.4 is 5.32 Å². The van der Waals surface area contributed by atoms with Crippen molar-refractivity contribution in [1.29, 1.82) is 0 Å². The second kappa shape index (κ2) is 6.94. The van der Waals surface area contributed by atoms with E-state index in [1.807, 2.05) is 58.9 Å². The Hall–Kier alpha value is -1.55. The molecule has 0 spiro atoms. The topological polar surface area (TPSA) is 47.6 Å². The van der Waals surface area contributed by atoms with Crippen LogP contribution in [-0.2, 0) is 14.3 Å². The number of hydrogen-bond acceptors (Lipinski definition) is 4. The fourth-order valence-electron chi connectivity index (χ4n) is 2.39. The van der Waals surface area contributed by atoms with E-state index in [9.17, 15) is 4.79 Å². The summed E-state index contributed by atoms with van der Waals surface area (Å²) in [5.41, 5.74) is 0.738. The lowest BCUT2D eigenvalue weighted by molar-refractivity contribution is -0.150. The summed E-state index contributed by atoms with van der Waals surface area (Å²) in [6.07, 6.45) is 0.504. The van der Waals surface area contributed by atoms with E-state index in [0.717, 1.165) is 11.3 Å². The van der Waals surface area contributed by atoms with E-state index in [-0.39, 0.29) is 5.97 Å². The first-order valence-corrected chi connectivity index (χ1v) is 7.30. The maximum absolute atomic E-state index is 12.4. The van der Waals surface area contributed by atoms with E-state index < -0.39 is 11.1 Å². The number of methoxy groups -OCH3 is 1. The molecule has 1 unspecified atom stereocenters. The SMILES string of the molecule is CCOC(=O)C(C)(CC(C)(C)OC)Nc1ccccc1C. The van der Waals surface area contributed by atoms with Crippen molar-refractivity contribution in [3.63, 3.8) is 0 Å². The van der Waals surface area contributed by atoms with Gasteiger partial charge in [0, 0.05) is 19.2 Å². The second-order valence-electron chi connectivity index (χ2n) is 6.13. The number of carbonyl (C=O) groups excluding carboxylic acids is 1. The van der Waals surface area contributed by atoms with Crippen LogP contribution in [0.3, 0.4) is 0 Å². The highest BCUT2D eigenvalue weighted by Gasteiger charge is 2.40. The smallest absolute Gasteiger partial charge is 0.331 e. The normalized spacial score (nSPS) is 14.4. The maximum atomic E-state index is 12.4. The van der Waals surface area contributed by atoms with E-state index in [1.54, 1.807) is 7.11 Å². The van der Waals surface area contributed by atoms with Crippen LogP contribution in [0.1, 0.15) is 39.7 Å². The molecular weight excluding hydrogens is 266 g/mol. The molecule has 0 aromatic heterocycles. The first kappa shape index (κ1) is 17.5. The number of carbonyl (C=O) groups is 1. The average molecular weight is 293 g/mol. The second-order valence-corrected chi connectivity index (χ2v) is 6.13. The molecule has 1 aromatic carbocycles. The third-order valence-electron chi connectivity index (χ3n) is 3.61. The number of para-hydroxylation sites is 1. The zero-order valence-corrected chi connectivity index (χ0v) is 13.9. The Morgan fingerprint density at radius 3 is 2.38 bits per heavy atom. The largest absolute Gasteiger partial charge is 0.464 e. The zero-order valence-electron chi connectivity index (χ0n) is 13.9. The molecule has 0 saturated heterocycles. The van der Waals surface area contributed by atoms with Crippen LogP contribution in [-0.4, -0.2) is 30.8 Å². The lowest BCUT2D eigenvalue weighted by Gasteiger charge is -2.36. The molecule has 4 nitrogen and oxygen atoms in total. The van der Waals surface area contributed by atoms with Crippen molar-refractivity contribution in [2.24, 2.45) is 0 Å². The number of nitrogens with one attached hydrogen (secondary N) is 1. The van der Waals surface area contributed by atoms with Crippen molar-refractivity contribution in [3.8, 4) is 0 Å². The predicted octanol–water partition coefficient (Wildman–Crippen LogP) is 3.54. The van der Waals surface area contributed by atoms with Gasteiger partial charge in [0.05, 0.1) is 12.2 Å². The Morgan fingerprint density at radius 2 is 1.86 bits per heavy atom. The quantitative estimate of drug-likeness (QED) is 0.781. The van der Waals surface area contributed by atoms with Crippen LogP contribution in [0.15, 0.2) is 24.3 Å². The molecule has 1 N–H and O–H groups in total. The predicted molar refractivity (Wildman–Crippen MR) is 85.5 cm³/mol. The van der Waals surface area contributed by atoms with E-state index >= 15 is 0 Å².